The van der Waals surface area contributed by atoms with E-state index in [0.29, 0.717) is 72.4 Å². The van der Waals surface area contributed by atoms with Gasteiger partial charge in [-0.15, -0.1) is 0 Å². The summed E-state index contributed by atoms with van der Waals surface area (Å²) in [6, 6.07) is 8.36. The van der Waals surface area contributed by atoms with E-state index in [1.54, 1.807) is 30.3 Å². The zero-order valence-electron chi connectivity index (χ0n) is 19.2. The average molecular weight is 484 g/mol. The quantitative estimate of drug-likeness (QED) is 0.465. The average Bonchev–Trinajstić information content (AvgIpc) is 3.28. The van der Waals surface area contributed by atoms with Gasteiger partial charge in [-0.2, -0.15) is 0 Å². The molecule has 0 aliphatic carbocycles. The van der Waals surface area contributed by atoms with Gasteiger partial charge in [0.1, 0.15) is 30.7 Å². The predicted molar refractivity (Wildman–Crippen MR) is 125 cm³/mol. The first-order valence-electron chi connectivity index (χ1n) is 11.4. The molecule has 2 aliphatic heterocycles. The molecular formula is C24H26FN5O5. The second-order valence-electron chi connectivity index (χ2n) is 8.30. The van der Waals surface area contributed by atoms with Gasteiger partial charge >= 0.3 is 6.09 Å². The van der Waals surface area contributed by atoms with Crippen LogP contribution in [-0.2, 0) is 11.3 Å². The van der Waals surface area contributed by atoms with E-state index in [2.05, 4.69) is 15.3 Å². The van der Waals surface area contributed by atoms with Crippen molar-refractivity contribution in [3.8, 4) is 17.4 Å². The number of nitrogens with one attached hydrogen (secondary N) is 1. The van der Waals surface area contributed by atoms with Crippen LogP contribution in [0.15, 0.2) is 36.5 Å². The van der Waals surface area contributed by atoms with Gasteiger partial charge in [-0.3, -0.25) is 9.88 Å². The van der Waals surface area contributed by atoms with Gasteiger partial charge in [0.25, 0.3) is 0 Å². The van der Waals surface area contributed by atoms with E-state index in [-0.39, 0.29) is 6.54 Å². The largest absolute Gasteiger partial charge is 0.486 e. The molecule has 0 bridgehead atoms. The molecule has 0 spiro atoms. The number of carbonyl (C=O) groups is 1. The molecule has 0 radical (unpaired) electrons. The van der Waals surface area contributed by atoms with Crippen LogP contribution in [-0.4, -0.2) is 61.6 Å². The Bertz CT molecular complexity index is 1240. The van der Waals surface area contributed by atoms with Crippen LogP contribution in [0.4, 0.5) is 14.9 Å². The van der Waals surface area contributed by atoms with Gasteiger partial charge in [0.15, 0.2) is 11.5 Å². The molecule has 35 heavy (non-hydrogen) atoms. The molecule has 2 atom stereocenters. The minimum atomic E-state index is -0.470. The van der Waals surface area contributed by atoms with E-state index in [0.717, 1.165) is 0 Å². The summed E-state index contributed by atoms with van der Waals surface area (Å²) < 4.78 is 36.3. The van der Waals surface area contributed by atoms with Gasteiger partial charge in [-0.05, 0) is 31.2 Å². The van der Waals surface area contributed by atoms with Crippen molar-refractivity contribution in [2.45, 2.75) is 25.1 Å². The molecule has 3 N–H and O–H groups in total. The summed E-state index contributed by atoms with van der Waals surface area (Å²) in [7, 11) is 1.50. The molecule has 2 aromatic heterocycles. The van der Waals surface area contributed by atoms with Crippen molar-refractivity contribution in [3.05, 3.63) is 47.9 Å². The molecule has 0 saturated carbocycles. The van der Waals surface area contributed by atoms with Crippen LogP contribution >= 0.6 is 0 Å². The Morgan fingerprint density at radius 3 is 2.91 bits per heavy atom. The summed E-state index contributed by atoms with van der Waals surface area (Å²) >= 11 is 0. The van der Waals surface area contributed by atoms with Gasteiger partial charge < -0.3 is 30.0 Å². The van der Waals surface area contributed by atoms with Crippen molar-refractivity contribution < 1.29 is 28.1 Å². The van der Waals surface area contributed by atoms with E-state index >= 15 is 0 Å². The second kappa shape index (κ2) is 9.88. The maximum atomic E-state index is 14.5. The number of halogens is 1. The number of nitrogens with two attached hydrogens (primary N) is 1. The van der Waals surface area contributed by atoms with Gasteiger partial charge in [0, 0.05) is 30.3 Å². The maximum absolute atomic E-state index is 14.5. The number of nitrogens with zero attached hydrogens (tertiary/aromatic N) is 3. The molecule has 4 heterocycles. The fourth-order valence-electron chi connectivity index (χ4n) is 4.15. The lowest BCUT2D eigenvalue weighted by atomic mass is 10.1. The Kier molecular flexibility index (Phi) is 6.51. The van der Waals surface area contributed by atoms with Gasteiger partial charge in [-0.25, -0.2) is 14.2 Å². The number of ether oxygens (including phenoxy) is 4. The number of amides is 1. The van der Waals surface area contributed by atoms with Crippen LogP contribution in [0.2, 0.25) is 0 Å². The lowest BCUT2D eigenvalue weighted by Gasteiger charge is -2.21. The number of hydrogen-bond acceptors (Lipinski definition) is 9. The van der Waals surface area contributed by atoms with Crippen LogP contribution in [0, 0.1) is 5.82 Å². The highest BCUT2D eigenvalue weighted by Gasteiger charge is 2.36. The van der Waals surface area contributed by atoms with E-state index in [1.807, 2.05) is 0 Å². The molecule has 1 fully saturated rings. The topological polar surface area (TPSA) is 121 Å². The predicted octanol–water partition coefficient (Wildman–Crippen LogP) is 2.38. The number of pyridine rings is 2. The summed E-state index contributed by atoms with van der Waals surface area (Å²) in [4.78, 5) is 22.4. The molecule has 10 nitrogen and oxygen atoms in total. The summed E-state index contributed by atoms with van der Waals surface area (Å²) in [6.45, 7) is 2.02. The zero-order valence-corrected chi connectivity index (χ0v) is 19.2. The van der Waals surface area contributed by atoms with Crippen molar-refractivity contribution in [3.63, 3.8) is 0 Å². The number of anilines is 1. The van der Waals surface area contributed by atoms with E-state index < -0.39 is 24.1 Å². The minimum absolute atomic E-state index is 0.242. The maximum Gasteiger partial charge on any atom is 0.414 e. The standard InChI is InChI=1S/C24H26FN5O5/c1-32-22-5-3-18-23(29-22)15(16(25)12-28-18)11-27-7-6-17(26)21-13-30(24(31)35-21)14-2-4-19-20(10-14)34-9-8-33-19/h2-5,10,12,17,21,27H,6-9,11,13,26H2,1H3/t17?,21-/m1/s1. The fourth-order valence-corrected chi connectivity index (χ4v) is 4.15. The van der Waals surface area contributed by atoms with E-state index in [4.69, 9.17) is 24.7 Å². The van der Waals surface area contributed by atoms with Crippen molar-refractivity contribution in [1.82, 2.24) is 15.3 Å². The molecule has 2 aliphatic rings. The first-order valence-corrected chi connectivity index (χ1v) is 11.4. The molecule has 1 unspecified atom stereocenters. The Hall–Kier alpha value is -3.70. The summed E-state index contributed by atoms with van der Waals surface area (Å²) in [5.74, 6) is 1.19. The number of carbonyl (C=O) groups excluding carboxylic acids is 1. The first kappa shape index (κ1) is 23.1. The highest BCUT2D eigenvalue weighted by atomic mass is 19.1. The van der Waals surface area contributed by atoms with Gasteiger partial charge in [0.2, 0.25) is 5.88 Å². The third kappa shape index (κ3) is 4.77. The first-order chi connectivity index (χ1) is 17.0. The Morgan fingerprint density at radius 1 is 1.26 bits per heavy atom. The van der Waals surface area contributed by atoms with Crippen molar-refractivity contribution in [2.24, 2.45) is 5.73 Å². The molecule has 1 saturated heterocycles. The van der Waals surface area contributed by atoms with Crippen molar-refractivity contribution in [1.29, 1.82) is 0 Å². The monoisotopic (exact) mass is 483 g/mol. The number of hydrogen-bond donors (Lipinski definition) is 2. The van der Waals surface area contributed by atoms with Crippen molar-refractivity contribution >= 4 is 22.8 Å². The number of cyclic esters (lactones) is 1. The third-order valence-corrected chi connectivity index (χ3v) is 6.05. The summed E-state index contributed by atoms with van der Waals surface area (Å²) in [5, 5.41) is 3.20. The summed E-state index contributed by atoms with van der Waals surface area (Å²) in [5.41, 5.74) is 8.42. The van der Waals surface area contributed by atoms with Crippen LogP contribution in [0.1, 0.15) is 12.0 Å². The van der Waals surface area contributed by atoms with Gasteiger partial charge in [-0.1, -0.05) is 0 Å². The van der Waals surface area contributed by atoms with Gasteiger partial charge in [0.05, 0.1) is 31.1 Å². The molecule has 11 heteroatoms. The SMILES string of the molecule is COc1ccc2ncc(F)c(CNCCC(N)[C@H]3CN(c4ccc5c(c4)OCCO5)C(=O)O3)c2n1. The Labute approximate surface area is 201 Å². The van der Waals surface area contributed by atoms with E-state index in [1.165, 1.54) is 18.2 Å². The fraction of sp³-hybridized carbons (Fsp3) is 0.375. The second-order valence-corrected chi connectivity index (χ2v) is 8.30. The molecule has 5 rings (SSSR count). The third-order valence-electron chi connectivity index (χ3n) is 6.05. The van der Waals surface area contributed by atoms with Crippen LogP contribution in [0.5, 0.6) is 17.4 Å². The number of aromatic nitrogens is 2. The number of benzene rings is 1. The number of rotatable bonds is 8. The van der Waals surface area contributed by atoms with Crippen LogP contribution in [0.3, 0.4) is 0 Å². The Balaban J connectivity index is 1.17. The zero-order chi connectivity index (χ0) is 24.4. The highest BCUT2D eigenvalue weighted by molar-refractivity contribution is 5.90. The van der Waals surface area contributed by atoms with E-state index in [9.17, 15) is 9.18 Å². The normalized spacial score (nSPS) is 18.0. The summed E-state index contributed by atoms with van der Waals surface area (Å²) in [6.07, 6.45) is 0.778. The lowest BCUT2D eigenvalue weighted by Crippen LogP contribution is -2.40. The number of fused-ring (bicyclic) bond motifs is 2. The smallest absolute Gasteiger partial charge is 0.414 e. The molecular weight excluding hydrogens is 457 g/mol. The molecule has 184 valence electrons. The Morgan fingerprint density at radius 2 is 2.09 bits per heavy atom. The molecule has 3 aromatic rings. The lowest BCUT2D eigenvalue weighted by molar-refractivity contribution is 0.124. The van der Waals surface area contributed by atoms with Crippen LogP contribution in [0.25, 0.3) is 11.0 Å². The minimum Gasteiger partial charge on any atom is -0.486 e. The van der Waals surface area contributed by atoms with Crippen LogP contribution < -0.4 is 30.2 Å². The molecule has 1 aromatic carbocycles. The number of methoxy groups -OCH3 is 1. The van der Waals surface area contributed by atoms with Crippen molar-refractivity contribution in [2.75, 3.05) is 38.3 Å². The molecule has 1 amide bonds. The highest BCUT2D eigenvalue weighted by Crippen LogP contribution is 2.35.